The molecule has 1 atom stereocenters. The van der Waals surface area contributed by atoms with Gasteiger partial charge in [0.2, 0.25) is 0 Å². The lowest BCUT2D eigenvalue weighted by Gasteiger charge is -2.24. The maximum atomic E-state index is 12.0. The number of para-hydroxylation sites is 1. The molecule has 0 amide bonds. The van der Waals surface area contributed by atoms with Crippen molar-refractivity contribution in [3.63, 3.8) is 0 Å². The summed E-state index contributed by atoms with van der Waals surface area (Å²) >= 11 is 0. The lowest BCUT2D eigenvalue weighted by Crippen LogP contribution is -2.15. The summed E-state index contributed by atoms with van der Waals surface area (Å²) in [6.07, 6.45) is 6.05. The average molecular weight is 338 g/mol. The summed E-state index contributed by atoms with van der Waals surface area (Å²) in [5.74, 6) is 1.20. The van der Waals surface area contributed by atoms with Crippen molar-refractivity contribution >= 4 is 5.97 Å². The Balaban J connectivity index is 1.95. The Morgan fingerprint density at radius 2 is 1.96 bits per heavy atom. The average Bonchev–Trinajstić information content (AvgIpc) is 2.62. The third-order valence-corrected chi connectivity index (χ3v) is 5.18. The first-order valence-electron chi connectivity index (χ1n) is 9.27. The molecule has 0 bridgehead atoms. The van der Waals surface area contributed by atoms with Gasteiger partial charge in [-0.1, -0.05) is 63.8 Å². The zero-order chi connectivity index (χ0) is 17.8. The molecule has 0 radical (unpaired) electrons. The van der Waals surface area contributed by atoms with Crippen LogP contribution >= 0.6 is 0 Å². The number of carboxylic acids is 1. The molecule has 0 saturated heterocycles. The maximum absolute atomic E-state index is 12.0. The Morgan fingerprint density at radius 1 is 1.16 bits per heavy atom. The number of aromatic carboxylic acids is 1. The molecule has 1 N–H and O–H groups in total. The van der Waals surface area contributed by atoms with Crippen LogP contribution < -0.4 is 4.74 Å². The first-order valence-corrected chi connectivity index (χ1v) is 9.27. The number of hydrogen-bond donors (Lipinski definition) is 1. The van der Waals surface area contributed by atoms with E-state index in [4.69, 9.17) is 4.74 Å². The van der Waals surface area contributed by atoms with E-state index in [0.717, 1.165) is 41.7 Å². The SMILES string of the molecule is CCCCC(CC)Cc1ccc2c(c1C(=O)O)Cc1ccccc1O2. The Labute approximate surface area is 149 Å². The van der Waals surface area contributed by atoms with Crippen molar-refractivity contribution in [1.82, 2.24) is 0 Å². The molecular weight excluding hydrogens is 312 g/mol. The molecule has 3 nitrogen and oxygen atoms in total. The van der Waals surface area contributed by atoms with Gasteiger partial charge in [0.15, 0.2) is 0 Å². The molecule has 0 saturated carbocycles. The van der Waals surface area contributed by atoms with Crippen molar-refractivity contribution in [3.8, 4) is 11.5 Å². The minimum atomic E-state index is -0.847. The van der Waals surface area contributed by atoms with Crippen LogP contribution in [0.2, 0.25) is 0 Å². The second kappa shape index (κ2) is 7.73. The minimum absolute atomic E-state index is 0.446. The van der Waals surface area contributed by atoms with Gasteiger partial charge in [-0.05, 0) is 35.6 Å². The third-order valence-electron chi connectivity index (χ3n) is 5.18. The van der Waals surface area contributed by atoms with Crippen LogP contribution in [0.15, 0.2) is 36.4 Å². The number of hydrogen-bond acceptors (Lipinski definition) is 2. The maximum Gasteiger partial charge on any atom is 0.336 e. The molecule has 0 aromatic heterocycles. The van der Waals surface area contributed by atoms with Gasteiger partial charge >= 0.3 is 5.97 Å². The van der Waals surface area contributed by atoms with E-state index in [9.17, 15) is 9.90 Å². The van der Waals surface area contributed by atoms with E-state index in [1.165, 1.54) is 12.8 Å². The molecule has 132 valence electrons. The molecule has 1 aliphatic rings. The van der Waals surface area contributed by atoms with Gasteiger partial charge in [0, 0.05) is 12.0 Å². The highest BCUT2D eigenvalue weighted by atomic mass is 16.5. The van der Waals surface area contributed by atoms with E-state index >= 15 is 0 Å². The molecule has 3 rings (SSSR count). The van der Waals surface area contributed by atoms with Gasteiger partial charge in [0.25, 0.3) is 0 Å². The number of ether oxygens (including phenoxy) is 1. The van der Waals surface area contributed by atoms with Gasteiger partial charge in [-0.15, -0.1) is 0 Å². The molecule has 3 heteroatoms. The summed E-state index contributed by atoms with van der Waals surface area (Å²) in [5.41, 5.74) is 3.25. The first-order chi connectivity index (χ1) is 12.1. The number of carboxylic acid groups (broad SMARTS) is 1. The van der Waals surface area contributed by atoms with Gasteiger partial charge in [0.1, 0.15) is 11.5 Å². The molecular formula is C22H26O3. The number of rotatable bonds is 7. The second-order valence-corrected chi connectivity index (χ2v) is 6.89. The van der Waals surface area contributed by atoms with Crippen molar-refractivity contribution in [2.24, 2.45) is 5.92 Å². The lowest BCUT2D eigenvalue weighted by atomic mass is 9.86. The van der Waals surface area contributed by atoms with E-state index in [0.29, 0.717) is 23.7 Å². The highest BCUT2D eigenvalue weighted by molar-refractivity contribution is 5.92. The lowest BCUT2D eigenvalue weighted by molar-refractivity contribution is 0.0693. The van der Waals surface area contributed by atoms with Crippen molar-refractivity contribution in [2.75, 3.05) is 0 Å². The third kappa shape index (κ3) is 3.71. The van der Waals surface area contributed by atoms with E-state index in [1.54, 1.807) is 0 Å². The van der Waals surface area contributed by atoms with Crippen molar-refractivity contribution < 1.29 is 14.6 Å². The number of fused-ring (bicyclic) bond motifs is 2. The van der Waals surface area contributed by atoms with Gasteiger partial charge < -0.3 is 9.84 Å². The molecule has 1 heterocycles. The fourth-order valence-electron chi connectivity index (χ4n) is 3.70. The summed E-state index contributed by atoms with van der Waals surface area (Å²) in [6, 6.07) is 11.7. The fraction of sp³-hybridized carbons (Fsp3) is 0.409. The summed E-state index contributed by atoms with van der Waals surface area (Å²) in [4.78, 5) is 12.0. The van der Waals surface area contributed by atoms with Crippen LogP contribution in [0.4, 0.5) is 0 Å². The van der Waals surface area contributed by atoms with Crippen molar-refractivity contribution in [2.45, 2.75) is 52.4 Å². The second-order valence-electron chi connectivity index (χ2n) is 6.89. The zero-order valence-corrected chi connectivity index (χ0v) is 15.0. The van der Waals surface area contributed by atoms with Gasteiger partial charge in [-0.3, -0.25) is 0 Å². The summed E-state index contributed by atoms with van der Waals surface area (Å²) in [6.45, 7) is 4.39. The minimum Gasteiger partial charge on any atom is -0.478 e. The number of benzene rings is 2. The Hall–Kier alpha value is -2.29. The van der Waals surface area contributed by atoms with Crippen LogP contribution in [-0.2, 0) is 12.8 Å². The predicted molar refractivity (Wildman–Crippen MR) is 99.7 cm³/mol. The first kappa shape index (κ1) is 17.5. The predicted octanol–water partition coefficient (Wildman–Crippen LogP) is 5.84. The summed E-state index contributed by atoms with van der Waals surface area (Å²) in [5, 5.41) is 9.88. The van der Waals surface area contributed by atoms with Crippen LogP contribution in [0.5, 0.6) is 11.5 Å². The van der Waals surface area contributed by atoms with E-state index < -0.39 is 5.97 Å². The normalized spacial score (nSPS) is 13.5. The van der Waals surface area contributed by atoms with Crippen LogP contribution in [0, 0.1) is 5.92 Å². The smallest absolute Gasteiger partial charge is 0.336 e. The molecule has 0 aliphatic carbocycles. The standard InChI is InChI=1S/C22H26O3/c1-3-5-8-15(4-2)13-17-11-12-20-18(21(17)22(23)24)14-16-9-6-7-10-19(16)25-20/h6-7,9-12,15H,3-5,8,13-14H2,1-2H3,(H,23,24). The van der Waals surface area contributed by atoms with Crippen LogP contribution in [0.1, 0.15) is 66.6 Å². The van der Waals surface area contributed by atoms with E-state index in [2.05, 4.69) is 13.8 Å². The summed E-state index contributed by atoms with van der Waals surface area (Å²) in [7, 11) is 0. The van der Waals surface area contributed by atoms with Crippen LogP contribution in [-0.4, -0.2) is 11.1 Å². The van der Waals surface area contributed by atoms with Crippen molar-refractivity contribution in [3.05, 3.63) is 58.7 Å². The highest BCUT2D eigenvalue weighted by Gasteiger charge is 2.25. The van der Waals surface area contributed by atoms with Gasteiger partial charge in [-0.2, -0.15) is 0 Å². The Kier molecular flexibility index (Phi) is 5.42. The molecule has 25 heavy (non-hydrogen) atoms. The zero-order valence-electron chi connectivity index (χ0n) is 15.0. The Bertz CT molecular complexity index is 764. The largest absolute Gasteiger partial charge is 0.478 e. The number of carbonyl (C=O) groups is 1. The molecule has 1 aliphatic heterocycles. The molecule has 2 aromatic rings. The quantitative estimate of drug-likeness (QED) is 0.588. The number of unbranched alkanes of at least 4 members (excludes halogenated alkanes) is 1. The topological polar surface area (TPSA) is 46.5 Å². The van der Waals surface area contributed by atoms with Gasteiger partial charge in [-0.25, -0.2) is 4.79 Å². The summed E-state index contributed by atoms with van der Waals surface area (Å²) < 4.78 is 5.96. The van der Waals surface area contributed by atoms with E-state index in [-0.39, 0.29) is 0 Å². The van der Waals surface area contributed by atoms with Gasteiger partial charge in [0.05, 0.1) is 5.56 Å². The molecule has 2 aromatic carbocycles. The molecule has 1 unspecified atom stereocenters. The monoisotopic (exact) mass is 338 g/mol. The van der Waals surface area contributed by atoms with E-state index in [1.807, 2.05) is 36.4 Å². The van der Waals surface area contributed by atoms with Crippen molar-refractivity contribution in [1.29, 1.82) is 0 Å². The fourth-order valence-corrected chi connectivity index (χ4v) is 3.70. The van der Waals surface area contributed by atoms with Crippen LogP contribution in [0.3, 0.4) is 0 Å². The molecule has 0 fully saturated rings. The highest BCUT2D eigenvalue weighted by Crippen LogP contribution is 2.39. The van der Waals surface area contributed by atoms with Crippen LogP contribution in [0.25, 0.3) is 0 Å². The Morgan fingerprint density at radius 3 is 2.68 bits per heavy atom. The molecule has 0 spiro atoms.